The molecule has 0 unspecified atom stereocenters. The minimum atomic E-state index is -0.462. The Labute approximate surface area is 121 Å². The predicted molar refractivity (Wildman–Crippen MR) is 79.4 cm³/mol. The monoisotopic (exact) mass is 288 g/mol. The molecule has 20 heavy (non-hydrogen) atoms. The van der Waals surface area contributed by atoms with Gasteiger partial charge in [0.1, 0.15) is 0 Å². The molecular formula is C15H16N2O2S. The Morgan fingerprint density at radius 2 is 2.05 bits per heavy atom. The van der Waals surface area contributed by atoms with E-state index >= 15 is 0 Å². The van der Waals surface area contributed by atoms with Gasteiger partial charge in [-0.3, -0.25) is 9.59 Å². The molecule has 0 atom stereocenters. The van der Waals surface area contributed by atoms with E-state index in [9.17, 15) is 9.59 Å². The molecule has 0 saturated carbocycles. The van der Waals surface area contributed by atoms with Crippen LogP contribution in [0.4, 0.5) is 0 Å². The molecule has 0 radical (unpaired) electrons. The van der Waals surface area contributed by atoms with Crippen LogP contribution in [0.25, 0.3) is 0 Å². The number of thiophene rings is 1. The van der Waals surface area contributed by atoms with E-state index in [-0.39, 0.29) is 5.91 Å². The van der Waals surface area contributed by atoms with Gasteiger partial charge in [-0.05, 0) is 35.6 Å². The molecule has 2 rings (SSSR count). The third kappa shape index (κ3) is 4.20. The molecule has 0 saturated heterocycles. The highest BCUT2D eigenvalue weighted by Gasteiger charge is 2.05. The molecule has 0 aliphatic carbocycles. The van der Waals surface area contributed by atoms with Crippen LogP contribution >= 0.6 is 11.3 Å². The van der Waals surface area contributed by atoms with Gasteiger partial charge >= 0.3 is 0 Å². The van der Waals surface area contributed by atoms with Crippen LogP contribution in [0.2, 0.25) is 0 Å². The molecular weight excluding hydrogens is 272 g/mol. The van der Waals surface area contributed by atoms with Gasteiger partial charge < -0.3 is 11.1 Å². The topological polar surface area (TPSA) is 72.2 Å². The Bertz CT molecular complexity index is 594. The van der Waals surface area contributed by atoms with Crippen molar-refractivity contribution < 1.29 is 9.59 Å². The number of nitrogens with two attached hydrogens (primary N) is 1. The lowest BCUT2D eigenvalue weighted by molar-refractivity contribution is -0.121. The van der Waals surface area contributed by atoms with Crippen molar-refractivity contribution in [2.45, 2.75) is 19.4 Å². The number of carbonyl (C=O) groups is 2. The van der Waals surface area contributed by atoms with Gasteiger partial charge in [-0.15, -0.1) is 11.3 Å². The molecule has 0 aliphatic rings. The van der Waals surface area contributed by atoms with Gasteiger partial charge in [-0.25, -0.2) is 0 Å². The van der Waals surface area contributed by atoms with Crippen molar-refractivity contribution in [2.75, 3.05) is 0 Å². The number of primary amides is 1. The largest absolute Gasteiger partial charge is 0.366 e. The maximum Gasteiger partial charge on any atom is 0.248 e. The van der Waals surface area contributed by atoms with Crippen molar-refractivity contribution in [3.8, 4) is 0 Å². The molecule has 1 aromatic carbocycles. The van der Waals surface area contributed by atoms with Gasteiger partial charge in [0.05, 0.1) is 0 Å². The molecule has 0 spiro atoms. The first-order valence-corrected chi connectivity index (χ1v) is 7.21. The smallest absolute Gasteiger partial charge is 0.248 e. The number of amides is 2. The van der Waals surface area contributed by atoms with Gasteiger partial charge in [0.2, 0.25) is 11.8 Å². The van der Waals surface area contributed by atoms with Crippen LogP contribution in [0.3, 0.4) is 0 Å². The maximum absolute atomic E-state index is 11.7. The van der Waals surface area contributed by atoms with E-state index in [4.69, 9.17) is 5.73 Å². The van der Waals surface area contributed by atoms with Gasteiger partial charge in [0.25, 0.3) is 0 Å². The quantitative estimate of drug-likeness (QED) is 0.854. The van der Waals surface area contributed by atoms with Crippen LogP contribution in [-0.4, -0.2) is 11.8 Å². The number of hydrogen-bond donors (Lipinski definition) is 2. The highest BCUT2D eigenvalue weighted by molar-refractivity contribution is 7.09. The summed E-state index contributed by atoms with van der Waals surface area (Å²) in [5.41, 5.74) is 6.54. The summed E-state index contributed by atoms with van der Waals surface area (Å²) in [6.07, 6.45) is 1.22. The molecule has 1 aromatic heterocycles. The van der Waals surface area contributed by atoms with E-state index in [2.05, 4.69) is 5.32 Å². The van der Waals surface area contributed by atoms with E-state index < -0.39 is 5.91 Å². The van der Waals surface area contributed by atoms with Gasteiger partial charge in [0, 0.05) is 23.4 Å². The highest BCUT2D eigenvalue weighted by Crippen LogP contribution is 2.11. The second-order valence-electron chi connectivity index (χ2n) is 4.42. The van der Waals surface area contributed by atoms with Crippen LogP contribution in [-0.2, 0) is 17.8 Å². The minimum Gasteiger partial charge on any atom is -0.366 e. The van der Waals surface area contributed by atoms with Gasteiger partial charge in [-0.2, -0.15) is 0 Å². The fraction of sp³-hybridized carbons (Fsp3) is 0.200. The summed E-state index contributed by atoms with van der Waals surface area (Å²) in [5.74, 6) is -0.459. The fourth-order valence-corrected chi connectivity index (χ4v) is 2.52. The minimum absolute atomic E-state index is 0.00266. The first-order chi connectivity index (χ1) is 9.65. The Hall–Kier alpha value is -2.14. The van der Waals surface area contributed by atoms with Crippen molar-refractivity contribution in [3.05, 3.63) is 57.8 Å². The van der Waals surface area contributed by atoms with Crippen LogP contribution in [0, 0.1) is 0 Å². The summed E-state index contributed by atoms with van der Waals surface area (Å²) < 4.78 is 0. The lowest BCUT2D eigenvalue weighted by atomic mass is 10.1. The average molecular weight is 288 g/mol. The normalized spacial score (nSPS) is 10.2. The van der Waals surface area contributed by atoms with Gasteiger partial charge in [-0.1, -0.05) is 18.2 Å². The summed E-state index contributed by atoms with van der Waals surface area (Å²) in [5, 5.41) is 4.84. The Kier molecular flexibility index (Phi) is 4.90. The van der Waals surface area contributed by atoms with E-state index in [1.807, 2.05) is 23.6 Å². The number of hydrogen-bond acceptors (Lipinski definition) is 3. The third-order valence-electron chi connectivity index (χ3n) is 2.88. The van der Waals surface area contributed by atoms with Crippen molar-refractivity contribution in [1.82, 2.24) is 5.32 Å². The SMILES string of the molecule is NC(=O)c1cccc(CNC(=O)CCc2cccs2)c1. The fourth-order valence-electron chi connectivity index (χ4n) is 1.82. The number of carbonyl (C=O) groups excluding carboxylic acids is 2. The molecule has 3 N–H and O–H groups in total. The van der Waals surface area contributed by atoms with E-state index in [1.165, 1.54) is 4.88 Å². The standard InChI is InChI=1S/C15H16N2O2S/c16-15(19)12-4-1-3-11(9-12)10-17-14(18)7-6-13-5-2-8-20-13/h1-5,8-9H,6-7,10H2,(H2,16,19)(H,17,18). The molecule has 5 heteroatoms. The number of nitrogens with one attached hydrogen (secondary N) is 1. The zero-order valence-electron chi connectivity index (χ0n) is 11.0. The van der Waals surface area contributed by atoms with Crippen LogP contribution in [0.15, 0.2) is 41.8 Å². The van der Waals surface area contributed by atoms with E-state index in [1.54, 1.807) is 29.5 Å². The van der Waals surface area contributed by atoms with E-state index in [0.717, 1.165) is 12.0 Å². The Balaban J connectivity index is 1.81. The van der Waals surface area contributed by atoms with Crippen LogP contribution < -0.4 is 11.1 Å². The lowest BCUT2D eigenvalue weighted by Gasteiger charge is -2.06. The second kappa shape index (κ2) is 6.86. The highest BCUT2D eigenvalue weighted by atomic mass is 32.1. The van der Waals surface area contributed by atoms with Crippen molar-refractivity contribution in [2.24, 2.45) is 5.73 Å². The van der Waals surface area contributed by atoms with Crippen molar-refractivity contribution >= 4 is 23.2 Å². The zero-order chi connectivity index (χ0) is 14.4. The first-order valence-electron chi connectivity index (χ1n) is 6.33. The average Bonchev–Trinajstić information content (AvgIpc) is 2.96. The molecule has 1 heterocycles. The summed E-state index contributed by atoms with van der Waals surface area (Å²) in [6, 6.07) is 11.0. The molecule has 0 fully saturated rings. The van der Waals surface area contributed by atoms with Gasteiger partial charge in [0.15, 0.2) is 0 Å². The summed E-state index contributed by atoms with van der Waals surface area (Å²) in [4.78, 5) is 24.0. The Morgan fingerprint density at radius 3 is 2.75 bits per heavy atom. The molecule has 0 bridgehead atoms. The van der Waals surface area contributed by atoms with Crippen LogP contribution in [0.5, 0.6) is 0 Å². The summed E-state index contributed by atoms with van der Waals surface area (Å²) in [7, 11) is 0. The first kappa shape index (κ1) is 14.3. The molecule has 2 aromatic rings. The second-order valence-corrected chi connectivity index (χ2v) is 5.45. The molecule has 0 aliphatic heterocycles. The van der Waals surface area contributed by atoms with E-state index in [0.29, 0.717) is 18.5 Å². The molecule has 104 valence electrons. The third-order valence-corrected chi connectivity index (χ3v) is 3.82. The lowest BCUT2D eigenvalue weighted by Crippen LogP contribution is -2.23. The van der Waals surface area contributed by atoms with Crippen LogP contribution in [0.1, 0.15) is 27.2 Å². The van der Waals surface area contributed by atoms with Crippen molar-refractivity contribution in [3.63, 3.8) is 0 Å². The number of rotatable bonds is 6. The molecule has 4 nitrogen and oxygen atoms in total. The summed E-state index contributed by atoms with van der Waals surface area (Å²) in [6.45, 7) is 0.407. The number of aryl methyl sites for hydroxylation is 1. The Morgan fingerprint density at radius 1 is 1.20 bits per heavy atom. The number of benzene rings is 1. The summed E-state index contributed by atoms with van der Waals surface area (Å²) >= 11 is 1.65. The molecule has 2 amide bonds. The predicted octanol–water partition coefficient (Wildman–Crippen LogP) is 2.10. The maximum atomic E-state index is 11.7. The van der Waals surface area contributed by atoms with Crippen molar-refractivity contribution in [1.29, 1.82) is 0 Å². The zero-order valence-corrected chi connectivity index (χ0v) is 11.8.